The number of halogens is 2. The molecule has 8 heteroatoms. The molecule has 1 heterocycles. The van der Waals surface area contributed by atoms with Crippen molar-refractivity contribution < 1.29 is 39.3 Å². The minimum absolute atomic E-state index is 0. The van der Waals surface area contributed by atoms with Crippen LogP contribution >= 0.6 is 0 Å². The van der Waals surface area contributed by atoms with Gasteiger partial charge in [0, 0.05) is 27.7 Å². The predicted molar refractivity (Wildman–Crippen MR) is 48.1 cm³/mol. The van der Waals surface area contributed by atoms with Gasteiger partial charge in [-0.25, -0.2) is 4.98 Å². The van der Waals surface area contributed by atoms with Crippen molar-refractivity contribution in [2.75, 3.05) is 19.1 Å². The number of nitrogens with two attached hydrogens (primary N) is 1. The molecule has 0 radical (unpaired) electrons. The Hall–Kier alpha value is -0.942. The SMILES string of the molecule is CCOCOc1cc([C-](F)F)nc(N)n1.[W]. The first-order valence-corrected chi connectivity index (χ1v) is 4.17. The third-order valence-corrected chi connectivity index (χ3v) is 1.41. The second-order valence-corrected chi connectivity index (χ2v) is 2.47. The summed E-state index contributed by atoms with van der Waals surface area (Å²) in [5.41, 5.74) is 4.66. The molecule has 1 rings (SSSR count). The Morgan fingerprint density at radius 3 is 2.69 bits per heavy atom. The minimum Gasteiger partial charge on any atom is -0.467 e. The Morgan fingerprint density at radius 1 is 1.44 bits per heavy atom. The monoisotopic (exact) mass is 402 g/mol. The number of anilines is 1. The molecule has 0 spiro atoms. The number of ether oxygens (including phenoxy) is 2. The van der Waals surface area contributed by atoms with Crippen molar-refractivity contribution in [2.45, 2.75) is 6.92 Å². The van der Waals surface area contributed by atoms with E-state index in [9.17, 15) is 8.78 Å². The van der Waals surface area contributed by atoms with Crippen molar-refractivity contribution in [3.05, 3.63) is 18.2 Å². The van der Waals surface area contributed by atoms with Gasteiger partial charge >= 0.3 is 0 Å². The molecule has 0 atom stereocenters. The van der Waals surface area contributed by atoms with Crippen molar-refractivity contribution in [3.63, 3.8) is 0 Å². The van der Waals surface area contributed by atoms with Gasteiger partial charge < -0.3 is 15.2 Å². The van der Waals surface area contributed by atoms with E-state index >= 15 is 0 Å². The summed E-state index contributed by atoms with van der Waals surface area (Å²) in [7, 11) is 0. The predicted octanol–water partition coefficient (Wildman–Crippen LogP) is 1.21. The van der Waals surface area contributed by atoms with E-state index in [-0.39, 0.29) is 39.7 Å². The Morgan fingerprint density at radius 2 is 2.12 bits per heavy atom. The summed E-state index contributed by atoms with van der Waals surface area (Å²) < 4.78 is 34.2. The van der Waals surface area contributed by atoms with Gasteiger partial charge in [-0.1, -0.05) is 0 Å². The molecule has 2 N–H and O–H groups in total. The van der Waals surface area contributed by atoms with Crippen molar-refractivity contribution in [1.29, 1.82) is 0 Å². The van der Waals surface area contributed by atoms with Gasteiger partial charge in [0.1, 0.15) is 12.3 Å². The van der Waals surface area contributed by atoms with E-state index in [1.165, 1.54) is 0 Å². The molecular weight excluding hydrogens is 392 g/mol. The second-order valence-electron chi connectivity index (χ2n) is 2.47. The topological polar surface area (TPSA) is 70.3 Å². The fraction of sp³-hybridized carbons (Fsp3) is 0.375. The van der Waals surface area contributed by atoms with Gasteiger partial charge in [-0.15, -0.1) is 6.07 Å². The van der Waals surface area contributed by atoms with Gasteiger partial charge in [-0.05, 0) is 12.6 Å². The van der Waals surface area contributed by atoms with Crippen molar-refractivity contribution >= 4 is 5.95 Å². The van der Waals surface area contributed by atoms with Crippen LogP contribution in [0.15, 0.2) is 6.07 Å². The number of nitrogen functional groups attached to an aromatic ring is 1. The van der Waals surface area contributed by atoms with Crippen LogP contribution in [0.3, 0.4) is 0 Å². The molecule has 16 heavy (non-hydrogen) atoms. The van der Waals surface area contributed by atoms with Gasteiger partial charge in [-0.3, -0.25) is 8.78 Å². The van der Waals surface area contributed by atoms with E-state index in [2.05, 4.69) is 9.97 Å². The summed E-state index contributed by atoms with van der Waals surface area (Å²) >= 11 is 0. The molecule has 0 aromatic carbocycles. The average molecular weight is 402 g/mol. The molecule has 0 saturated carbocycles. The molecular formula is C8H10F2N3O2W-. The molecule has 0 bridgehead atoms. The fourth-order valence-corrected chi connectivity index (χ4v) is 0.799. The van der Waals surface area contributed by atoms with Crippen LogP contribution in [0.4, 0.5) is 14.7 Å². The summed E-state index contributed by atoms with van der Waals surface area (Å²) in [5.74, 6) is -0.314. The van der Waals surface area contributed by atoms with Gasteiger partial charge in [0.25, 0.3) is 0 Å². The van der Waals surface area contributed by atoms with Crippen LogP contribution in [0.1, 0.15) is 12.6 Å². The second kappa shape index (κ2) is 7.35. The van der Waals surface area contributed by atoms with Crippen LogP contribution in [-0.4, -0.2) is 23.4 Å². The molecule has 0 fully saturated rings. The van der Waals surface area contributed by atoms with Gasteiger partial charge in [0.15, 0.2) is 6.79 Å². The number of nitrogens with zero attached hydrogens (tertiary/aromatic N) is 2. The molecule has 90 valence electrons. The first-order chi connectivity index (χ1) is 7.13. The quantitative estimate of drug-likeness (QED) is 0.456. The maximum absolute atomic E-state index is 12.2. The van der Waals surface area contributed by atoms with Crippen molar-refractivity contribution in [3.8, 4) is 5.88 Å². The molecule has 1 aromatic rings. The summed E-state index contributed by atoms with van der Waals surface area (Å²) in [6.45, 7) is 2.16. The molecule has 0 unspecified atom stereocenters. The molecule has 0 aliphatic heterocycles. The van der Waals surface area contributed by atoms with E-state index in [4.69, 9.17) is 15.2 Å². The first kappa shape index (κ1) is 15.1. The fourth-order valence-electron chi connectivity index (χ4n) is 0.799. The number of hydrogen-bond acceptors (Lipinski definition) is 5. The maximum Gasteiger partial charge on any atom is 0.219 e. The number of rotatable bonds is 5. The van der Waals surface area contributed by atoms with E-state index in [1.807, 2.05) is 0 Å². The summed E-state index contributed by atoms with van der Waals surface area (Å²) in [5, 5.41) is 0. The van der Waals surface area contributed by atoms with Gasteiger partial charge in [0.2, 0.25) is 5.95 Å². The molecule has 0 saturated heterocycles. The van der Waals surface area contributed by atoms with Crippen molar-refractivity contribution in [1.82, 2.24) is 9.97 Å². The zero-order chi connectivity index (χ0) is 11.3. The Kier molecular flexibility index (Phi) is 6.92. The van der Waals surface area contributed by atoms with Gasteiger partial charge in [0.05, 0.1) is 0 Å². The number of aromatic nitrogens is 2. The summed E-state index contributed by atoms with van der Waals surface area (Å²) in [4.78, 5) is 6.93. The van der Waals surface area contributed by atoms with E-state index in [0.29, 0.717) is 6.61 Å². The Labute approximate surface area is 106 Å². The molecule has 0 amide bonds. The molecule has 5 nitrogen and oxygen atoms in total. The molecule has 0 aliphatic rings. The Bertz CT molecular complexity index is 328. The zero-order valence-electron chi connectivity index (χ0n) is 8.44. The molecule has 0 aliphatic carbocycles. The normalized spacial score (nSPS) is 9.44. The largest absolute Gasteiger partial charge is 0.467 e. The van der Waals surface area contributed by atoms with Crippen LogP contribution in [0.25, 0.3) is 0 Å². The zero-order valence-corrected chi connectivity index (χ0v) is 11.4. The van der Waals surface area contributed by atoms with Gasteiger partial charge in [-0.2, -0.15) is 4.98 Å². The summed E-state index contributed by atoms with van der Waals surface area (Å²) in [6, 6.07) is 0.991. The third kappa shape index (κ3) is 4.72. The van der Waals surface area contributed by atoms with E-state index in [1.54, 1.807) is 6.92 Å². The first-order valence-electron chi connectivity index (χ1n) is 4.17. The standard InChI is InChI=1S/C8H10F2N3O2.W/c1-2-14-4-15-6-3-5(7(9)10)12-8(11)13-6;/h3H,2,4H2,1H3,(H2,11,12,13);/q-1;. The number of hydrogen-bond donors (Lipinski definition) is 1. The van der Waals surface area contributed by atoms with Crippen LogP contribution in [0.2, 0.25) is 0 Å². The van der Waals surface area contributed by atoms with E-state index in [0.717, 1.165) is 6.07 Å². The van der Waals surface area contributed by atoms with Crippen LogP contribution in [0, 0.1) is 6.43 Å². The smallest absolute Gasteiger partial charge is 0.219 e. The van der Waals surface area contributed by atoms with Crippen molar-refractivity contribution in [2.24, 2.45) is 0 Å². The van der Waals surface area contributed by atoms with Crippen LogP contribution in [0.5, 0.6) is 5.88 Å². The Balaban J connectivity index is 0.00000225. The van der Waals surface area contributed by atoms with E-state index < -0.39 is 12.1 Å². The average Bonchev–Trinajstić information content (AvgIpc) is 2.17. The third-order valence-electron chi connectivity index (χ3n) is 1.41. The maximum atomic E-state index is 12.2. The van der Waals surface area contributed by atoms with Crippen LogP contribution in [-0.2, 0) is 25.8 Å². The minimum atomic E-state index is -1.94. The molecule has 1 aromatic heterocycles. The summed E-state index contributed by atoms with van der Waals surface area (Å²) in [6.07, 6.45) is -1.94. The van der Waals surface area contributed by atoms with Crippen LogP contribution < -0.4 is 10.5 Å².